The summed E-state index contributed by atoms with van der Waals surface area (Å²) in [5.41, 5.74) is 1.17. The largest absolute Gasteiger partial charge is 0.459 e. The van der Waals surface area contributed by atoms with Gasteiger partial charge in [-0.15, -0.1) is 0 Å². The summed E-state index contributed by atoms with van der Waals surface area (Å²) in [6, 6.07) is 22.5. The van der Waals surface area contributed by atoms with Crippen LogP contribution in [-0.2, 0) is 27.3 Å². The van der Waals surface area contributed by atoms with Crippen LogP contribution < -0.4 is 5.32 Å². The Morgan fingerprint density at radius 3 is 2.30 bits per heavy atom. The van der Waals surface area contributed by atoms with Crippen LogP contribution in [0, 0.1) is 0 Å². The number of carbonyl (C=O) groups is 2. The van der Waals surface area contributed by atoms with Gasteiger partial charge in [-0.1, -0.05) is 72.8 Å². The van der Waals surface area contributed by atoms with Gasteiger partial charge in [0.15, 0.2) is 0 Å². The van der Waals surface area contributed by atoms with Gasteiger partial charge in [-0.25, -0.2) is 9.59 Å². The fraction of sp³-hybridized carbons (Fsp3) is 0.280. The number of carbonyl (C=O) groups excluding carboxylic acids is 2. The molecule has 0 spiro atoms. The Balaban J connectivity index is 1.72. The third-order valence-corrected chi connectivity index (χ3v) is 4.51. The van der Waals surface area contributed by atoms with E-state index >= 15 is 0 Å². The fourth-order valence-corrected chi connectivity index (χ4v) is 3.16. The molecule has 1 amide bonds. The van der Waals surface area contributed by atoms with Gasteiger partial charge in [0.1, 0.15) is 18.2 Å². The topological polar surface area (TPSA) is 64.6 Å². The molecule has 5 heteroatoms. The molecule has 156 valence electrons. The molecule has 1 N–H and O–H groups in total. The van der Waals surface area contributed by atoms with Crippen molar-refractivity contribution in [2.75, 3.05) is 0 Å². The molecule has 1 unspecified atom stereocenters. The first kappa shape index (κ1) is 21.4. The van der Waals surface area contributed by atoms with Crippen molar-refractivity contribution in [2.24, 2.45) is 0 Å². The van der Waals surface area contributed by atoms with Gasteiger partial charge in [-0.3, -0.25) is 0 Å². The molecule has 0 saturated heterocycles. The van der Waals surface area contributed by atoms with E-state index in [2.05, 4.69) is 5.32 Å². The molecule has 0 saturated carbocycles. The normalized spacial score (nSPS) is 12.2. The Labute approximate surface area is 177 Å². The summed E-state index contributed by atoms with van der Waals surface area (Å²) in [7, 11) is 0. The van der Waals surface area contributed by atoms with Gasteiger partial charge >= 0.3 is 12.1 Å². The first-order valence-corrected chi connectivity index (χ1v) is 9.98. The van der Waals surface area contributed by atoms with E-state index in [9.17, 15) is 9.59 Å². The standard InChI is InChI=1S/C25H27NO4/c1-25(2,3)30-24(28)26-22(16-18-10-5-4-6-11-18)23(27)29-17-20-14-9-13-19-12-7-8-15-21(19)20/h4-15,22H,16-17H2,1-3H3,(H,26,28). The van der Waals surface area contributed by atoms with Crippen molar-refractivity contribution in [1.29, 1.82) is 0 Å². The van der Waals surface area contributed by atoms with E-state index in [1.807, 2.05) is 72.8 Å². The zero-order chi connectivity index (χ0) is 21.6. The van der Waals surface area contributed by atoms with Gasteiger partial charge in [0, 0.05) is 6.42 Å². The third-order valence-electron chi connectivity index (χ3n) is 4.51. The van der Waals surface area contributed by atoms with E-state index < -0.39 is 23.7 Å². The molecule has 3 rings (SSSR count). The number of hydrogen-bond acceptors (Lipinski definition) is 4. The van der Waals surface area contributed by atoms with Gasteiger partial charge in [-0.05, 0) is 42.7 Å². The first-order valence-electron chi connectivity index (χ1n) is 9.98. The van der Waals surface area contributed by atoms with Crippen molar-refractivity contribution in [3.63, 3.8) is 0 Å². The Hall–Kier alpha value is -3.34. The Kier molecular flexibility index (Phi) is 6.72. The Morgan fingerprint density at radius 1 is 0.900 bits per heavy atom. The number of benzene rings is 3. The number of esters is 1. The van der Waals surface area contributed by atoms with Crippen molar-refractivity contribution in [1.82, 2.24) is 5.32 Å². The summed E-state index contributed by atoms with van der Waals surface area (Å²) in [4.78, 5) is 25.1. The van der Waals surface area contributed by atoms with E-state index in [1.165, 1.54) is 0 Å². The van der Waals surface area contributed by atoms with E-state index in [0.29, 0.717) is 6.42 Å². The summed E-state index contributed by atoms with van der Waals surface area (Å²) in [5, 5.41) is 4.78. The highest BCUT2D eigenvalue weighted by Gasteiger charge is 2.26. The van der Waals surface area contributed by atoms with Gasteiger partial charge in [0.05, 0.1) is 0 Å². The molecular formula is C25H27NO4. The van der Waals surface area contributed by atoms with Crippen molar-refractivity contribution in [2.45, 2.75) is 45.4 Å². The fourth-order valence-electron chi connectivity index (χ4n) is 3.16. The maximum absolute atomic E-state index is 12.9. The second-order valence-electron chi connectivity index (χ2n) is 8.13. The highest BCUT2D eigenvalue weighted by molar-refractivity contribution is 5.86. The predicted molar refractivity (Wildman–Crippen MR) is 117 cm³/mol. The van der Waals surface area contributed by atoms with E-state index in [4.69, 9.17) is 9.47 Å². The lowest BCUT2D eigenvalue weighted by Gasteiger charge is -2.23. The molecule has 0 aliphatic heterocycles. The van der Waals surface area contributed by atoms with Crippen LogP contribution in [0.25, 0.3) is 10.8 Å². The monoisotopic (exact) mass is 405 g/mol. The van der Waals surface area contributed by atoms with E-state index in [0.717, 1.165) is 21.9 Å². The number of amides is 1. The van der Waals surface area contributed by atoms with Crippen LogP contribution in [0.4, 0.5) is 4.79 Å². The van der Waals surface area contributed by atoms with Crippen molar-refractivity contribution >= 4 is 22.8 Å². The quantitative estimate of drug-likeness (QED) is 0.585. The van der Waals surface area contributed by atoms with Crippen molar-refractivity contribution < 1.29 is 19.1 Å². The van der Waals surface area contributed by atoms with Crippen LogP contribution >= 0.6 is 0 Å². The number of rotatable bonds is 6. The lowest BCUT2D eigenvalue weighted by Crippen LogP contribution is -2.45. The smallest absolute Gasteiger partial charge is 0.408 e. The molecule has 5 nitrogen and oxygen atoms in total. The van der Waals surface area contributed by atoms with E-state index in [-0.39, 0.29) is 6.61 Å². The number of nitrogens with one attached hydrogen (secondary N) is 1. The van der Waals surface area contributed by atoms with E-state index in [1.54, 1.807) is 20.8 Å². The molecule has 3 aromatic carbocycles. The molecule has 0 heterocycles. The second-order valence-corrected chi connectivity index (χ2v) is 8.13. The molecular weight excluding hydrogens is 378 g/mol. The van der Waals surface area contributed by atoms with Crippen LogP contribution in [-0.4, -0.2) is 23.7 Å². The number of alkyl carbamates (subject to hydrolysis) is 1. The highest BCUT2D eigenvalue weighted by Crippen LogP contribution is 2.19. The average Bonchev–Trinajstić information content (AvgIpc) is 2.71. The van der Waals surface area contributed by atoms with Crippen LogP contribution in [0.5, 0.6) is 0 Å². The lowest BCUT2D eigenvalue weighted by atomic mass is 10.0. The van der Waals surface area contributed by atoms with Gasteiger partial charge in [-0.2, -0.15) is 0 Å². The summed E-state index contributed by atoms with van der Waals surface area (Å²) in [6.07, 6.45) is -0.334. The zero-order valence-corrected chi connectivity index (χ0v) is 17.6. The van der Waals surface area contributed by atoms with Gasteiger partial charge in [0.2, 0.25) is 0 Å². The lowest BCUT2D eigenvalue weighted by molar-refractivity contribution is -0.147. The molecule has 0 fully saturated rings. The average molecular weight is 405 g/mol. The molecule has 1 atom stereocenters. The Bertz CT molecular complexity index is 1000. The minimum Gasteiger partial charge on any atom is -0.459 e. The Morgan fingerprint density at radius 2 is 1.57 bits per heavy atom. The molecule has 0 radical (unpaired) electrons. The molecule has 30 heavy (non-hydrogen) atoms. The zero-order valence-electron chi connectivity index (χ0n) is 17.6. The van der Waals surface area contributed by atoms with Crippen molar-refractivity contribution in [3.05, 3.63) is 83.9 Å². The van der Waals surface area contributed by atoms with Crippen LogP contribution in [0.2, 0.25) is 0 Å². The predicted octanol–water partition coefficient (Wildman–Crippen LogP) is 5.02. The number of ether oxygens (including phenoxy) is 2. The minimum absolute atomic E-state index is 0.126. The maximum Gasteiger partial charge on any atom is 0.408 e. The maximum atomic E-state index is 12.9. The summed E-state index contributed by atoms with van der Waals surface area (Å²) in [5.74, 6) is -0.502. The first-order chi connectivity index (χ1) is 14.3. The molecule has 0 bridgehead atoms. The molecule has 3 aromatic rings. The summed E-state index contributed by atoms with van der Waals surface area (Å²) >= 11 is 0. The van der Waals surface area contributed by atoms with Crippen molar-refractivity contribution in [3.8, 4) is 0 Å². The van der Waals surface area contributed by atoms with Crippen LogP contribution in [0.3, 0.4) is 0 Å². The summed E-state index contributed by atoms with van der Waals surface area (Å²) < 4.78 is 10.9. The molecule has 0 aliphatic carbocycles. The van der Waals surface area contributed by atoms with Crippen LogP contribution in [0.15, 0.2) is 72.8 Å². The summed E-state index contributed by atoms with van der Waals surface area (Å²) in [6.45, 7) is 5.45. The molecule has 0 aromatic heterocycles. The number of hydrogen-bond donors (Lipinski definition) is 1. The van der Waals surface area contributed by atoms with Crippen LogP contribution in [0.1, 0.15) is 31.9 Å². The highest BCUT2D eigenvalue weighted by atomic mass is 16.6. The molecule has 0 aliphatic rings. The SMILES string of the molecule is CC(C)(C)OC(=O)NC(Cc1ccccc1)C(=O)OCc1cccc2ccccc12. The number of fused-ring (bicyclic) bond motifs is 1. The second kappa shape index (κ2) is 9.44. The third kappa shape index (κ3) is 6.08. The van der Waals surface area contributed by atoms with Gasteiger partial charge < -0.3 is 14.8 Å². The van der Waals surface area contributed by atoms with Gasteiger partial charge in [0.25, 0.3) is 0 Å². The minimum atomic E-state index is -0.850.